The maximum atomic E-state index is 4.37. The fourth-order valence-corrected chi connectivity index (χ4v) is 2.56. The van der Waals surface area contributed by atoms with Gasteiger partial charge in [0.1, 0.15) is 12.1 Å². The van der Waals surface area contributed by atoms with Crippen LogP contribution in [0.4, 0.5) is 5.82 Å². The number of aromatic nitrogens is 2. The average Bonchev–Trinajstić information content (AvgIpc) is 2.39. The predicted molar refractivity (Wildman–Crippen MR) is 79.4 cm³/mol. The van der Waals surface area contributed by atoms with E-state index in [0.29, 0.717) is 0 Å². The summed E-state index contributed by atoms with van der Waals surface area (Å²) in [4.78, 5) is 10.9. The van der Waals surface area contributed by atoms with Crippen LogP contribution in [0.15, 0.2) is 12.4 Å². The zero-order chi connectivity index (χ0) is 13.7. The van der Waals surface area contributed by atoms with Crippen LogP contribution in [0, 0.1) is 18.8 Å². The molecule has 0 aromatic carbocycles. The maximum absolute atomic E-state index is 4.37. The molecular weight excluding hydrogens is 236 g/mol. The largest absolute Gasteiger partial charge is 0.356 e. The molecule has 1 N–H and O–H groups in total. The highest BCUT2D eigenvalue weighted by Gasteiger charge is 2.19. The molecule has 106 valence electrons. The Labute approximate surface area is 116 Å². The van der Waals surface area contributed by atoms with Gasteiger partial charge in [-0.25, -0.2) is 9.97 Å². The van der Waals surface area contributed by atoms with Crippen molar-refractivity contribution in [1.82, 2.24) is 15.3 Å². The molecule has 2 heterocycles. The van der Waals surface area contributed by atoms with Gasteiger partial charge in [-0.1, -0.05) is 13.8 Å². The molecule has 0 atom stereocenters. The van der Waals surface area contributed by atoms with Crippen molar-refractivity contribution in [2.75, 3.05) is 31.1 Å². The van der Waals surface area contributed by atoms with Gasteiger partial charge in [0.15, 0.2) is 0 Å². The Balaban J connectivity index is 1.76. The Kier molecular flexibility index (Phi) is 5.14. The molecule has 4 heteroatoms. The van der Waals surface area contributed by atoms with Gasteiger partial charge in [-0.3, -0.25) is 0 Å². The van der Waals surface area contributed by atoms with Gasteiger partial charge in [0.2, 0.25) is 0 Å². The number of hydrogen-bond donors (Lipinski definition) is 1. The third-order valence-electron chi connectivity index (χ3n) is 3.71. The monoisotopic (exact) mass is 262 g/mol. The highest BCUT2D eigenvalue weighted by atomic mass is 15.2. The Hall–Kier alpha value is -1.16. The molecule has 19 heavy (non-hydrogen) atoms. The van der Waals surface area contributed by atoms with Gasteiger partial charge in [-0.2, -0.15) is 0 Å². The molecule has 0 radical (unpaired) electrons. The minimum atomic E-state index is 0.740. The van der Waals surface area contributed by atoms with Crippen LogP contribution in [0.3, 0.4) is 0 Å². The van der Waals surface area contributed by atoms with E-state index in [1.165, 1.54) is 12.8 Å². The third kappa shape index (κ3) is 4.46. The van der Waals surface area contributed by atoms with Crippen molar-refractivity contribution in [3.8, 4) is 0 Å². The van der Waals surface area contributed by atoms with E-state index in [9.17, 15) is 0 Å². The van der Waals surface area contributed by atoms with Gasteiger partial charge in [0, 0.05) is 24.8 Å². The highest BCUT2D eigenvalue weighted by Crippen LogP contribution is 2.21. The minimum Gasteiger partial charge on any atom is -0.356 e. The van der Waals surface area contributed by atoms with Gasteiger partial charge in [0.05, 0.1) is 0 Å². The van der Waals surface area contributed by atoms with Crippen LogP contribution in [0.2, 0.25) is 0 Å². The second kappa shape index (κ2) is 6.85. The molecule has 1 fully saturated rings. The molecule has 1 aliphatic heterocycles. The van der Waals surface area contributed by atoms with Crippen LogP contribution in [-0.2, 0) is 0 Å². The first-order valence-corrected chi connectivity index (χ1v) is 7.39. The first-order chi connectivity index (χ1) is 9.15. The molecule has 4 nitrogen and oxygen atoms in total. The minimum absolute atomic E-state index is 0.740. The summed E-state index contributed by atoms with van der Waals surface area (Å²) < 4.78 is 0. The number of anilines is 1. The van der Waals surface area contributed by atoms with Crippen LogP contribution in [0.1, 0.15) is 32.4 Å². The SMILES string of the molecule is Cc1cc(N2CCC(CNCC(C)C)CC2)ncn1. The molecule has 1 aromatic heterocycles. The number of piperidine rings is 1. The van der Waals surface area contributed by atoms with E-state index in [2.05, 4.69) is 40.1 Å². The zero-order valence-electron chi connectivity index (χ0n) is 12.4. The van der Waals surface area contributed by atoms with Gasteiger partial charge in [0.25, 0.3) is 0 Å². The molecule has 1 aliphatic rings. The molecule has 1 saturated heterocycles. The highest BCUT2D eigenvalue weighted by molar-refractivity contribution is 5.38. The van der Waals surface area contributed by atoms with E-state index in [1.807, 2.05) is 6.92 Å². The molecular formula is C15H26N4. The van der Waals surface area contributed by atoms with Gasteiger partial charge in [-0.05, 0) is 44.7 Å². The van der Waals surface area contributed by atoms with Crippen LogP contribution in [-0.4, -0.2) is 36.1 Å². The van der Waals surface area contributed by atoms with Gasteiger partial charge >= 0.3 is 0 Å². The number of nitrogens with one attached hydrogen (secondary N) is 1. The van der Waals surface area contributed by atoms with Crippen molar-refractivity contribution in [3.63, 3.8) is 0 Å². The summed E-state index contributed by atoms with van der Waals surface area (Å²) in [5.41, 5.74) is 1.05. The third-order valence-corrected chi connectivity index (χ3v) is 3.71. The van der Waals surface area contributed by atoms with E-state index in [0.717, 1.165) is 49.5 Å². The van der Waals surface area contributed by atoms with Gasteiger partial charge < -0.3 is 10.2 Å². The van der Waals surface area contributed by atoms with E-state index in [1.54, 1.807) is 6.33 Å². The lowest BCUT2D eigenvalue weighted by molar-refractivity contribution is 0.373. The van der Waals surface area contributed by atoms with Crippen LogP contribution < -0.4 is 10.2 Å². The van der Waals surface area contributed by atoms with Crippen LogP contribution in [0.25, 0.3) is 0 Å². The summed E-state index contributed by atoms with van der Waals surface area (Å²) in [6.45, 7) is 11.1. The summed E-state index contributed by atoms with van der Waals surface area (Å²) in [6.07, 6.45) is 4.18. The van der Waals surface area contributed by atoms with Crippen molar-refractivity contribution in [2.45, 2.75) is 33.6 Å². The van der Waals surface area contributed by atoms with Crippen molar-refractivity contribution < 1.29 is 0 Å². The fourth-order valence-electron chi connectivity index (χ4n) is 2.56. The molecule has 1 aromatic rings. The van der Waals surface area contributed by atoms with E-state index >= 15 is 0 Å². The normalized spacial score (nSPS) is 17.2. The van der Waals surface area contributed by atoms with Crippen LogP contribution in [0.5, 0.6) is 0 Å². The van der Waals surface area contributed by atoms with E-state index in [4.69, 9.17) is 0 Å². The first kappa shape index (κ1) is 14.3. The molecule has 0 amide bonds. The first-order valence-electron chi connectivity index (χ1n) is 7.39. The summed E-state index contributed by atoms with van der Waals surface area (Å²) in [7, 11) is 0. The average molecular weight is 262 g/mol. The molecule has 0 unspecified atom stereocenters. The second-order valence-corrected chi connectivity index (χ2v) is 6.00. The predicted octanol–water partition coefficient (Wildman–Crippen LogP) is 2.25. The smallest absolute Gasteiger partial charge is 0.132 e. The quantitative estimate of drug-likeness (QED) is 0.883. The lowest BCUT2D eigenvalue weighted by Crippen LogP contribution is -2.38. The standard InChI is InChI=1S/C15H26N4/c1-12(2)9-16-10-14-4-6-19(7-5-14)15-8-13(3)17-11-18-15/h8,11-12,14,16H,4-7,9-10H2,1-3H3. The lowest BCUT2D eigenvalue weighted by Gasteiger charge is -2.33. The fraction of sp³-hybridized carbons (Fsp3) is 0.733. The number of nitrogens with zero attached hydrogens (tertiary/aromatic N) is 3. The zero-order valence-corrected chi connectivity index (χ0v) is 12.4. The molecule has 0 bridgehead atoms. The Morgan fingerprint density at radius 1 is 1.32 bits per heavy atom. The molecule has 0 aliphatic carbocycles. The summed E-state index contributed by atoms with van der Waals surface area (Å²) in [6, 6.07) is 2.08. The molecule has 2 rings (SSSR count). The molecule has 0 spiro atoms. The lowest BCUT2D eigenvalue weighted by atomic mass is 9.96. The van der Waals surface area contributed by atoms with Crippen molar-refractivity contribution in [3.05, 3.63) is 18.1 Å². The maximum Gasteiger partial charge on any atom is 0.132 e. The van der Waals surface area contributed by atoms with E-state index in [-0.39, 0.29) is 0 Å². The summed E-state index contributed by atoms with van der Waals surface area (Å²) >= 11 is 0. The Morgan fingerprint density at radius 3 is 2.68 bits per heavy atom. The summed E-state index contributed by atoms with van der Waals surface area (Å²) in [5.74, 6) is 2.64. The Bertz CT molecular complexity index is 383. The van der Waals surface area contributed by atoms with Gasteiger partial charge in [-0.15, -0.1) is 0 Å². The summed E-state index contributed by atoms with van der Waals surface area (Å²) in [5, 5.41) is 3.57. The molecule has 0 saturated carbocycles. The van der Waals surface area contributed by atoms with E-state index < -0.39 is 0 Å². The topological polar surface area (TPSA) is 41.0 Å². The van der Waals surface area contributed by atoms with Crippen molar-refractivity contribution >= 4 is 5.82 Å². The Morgan fingerprint density at radius 2 is 2.05 bits per heavy atom. The number of rotatable bonds is 5. The van der Waals surface area contributed by atoms with Crippen molar-refractivity contribution in [2.24, 2.45) is 11.8 Å². The second-order valence-electron chi connectivity index (χ2n) is 6.00. The van der Waals surface area contributed by atoms with Crippen molar-refractivity contribution in [1.29, 1.82) is 0 Å². The number of aryl methyl sites for hydroxylation is 1. The van der Waals surface area contributed by atoms with Crippen LogP contribution >= 0.6 is 0 Å². The number of hydrogen-bond acceptors (Lipinski definition) is 4.